The van der Waals surface area contributed by atoms with Crippen LogP contribution in [-0.2, 0) is 28.9 Å². The fraction of sp³-hybridized carbons (Fsp3) is 0.593. The highest BCUT2D eigenvalue weighted by molar-refractivity contribution is 9.10. The van der Waals surface area contributed by atoms with Gasteiger partial charge in [0.05, 0.1) is 12.6 Å². The quantitative estimate of drug-likeness (QED) is 0.507. The van der Waals surface area contributed by atoms with Crippen molar-refractivity contribution < 1.29 is 14.3 Å². The number of hydrogen-bond acceptors (Lipinski definition) is 5. The summed E-state index contributed by atoms with van der Waals surface area (Å²) in [5.41, 5.74) is 4.44. The van der Waals surface area contributed by atoms with Gasteiger partial charge in [-0.15, -0.1) is 0 Å². The van der Waals surface area contributed by atoms with Gasteiger partial charge >= 0.3 is 6.09 Å². The Labute approximate surface area is 221 Å². The molecule has 2 aromatic rings. The maximum atomic E-state index is 12.6. The van der Waals surface area contributed by atoms with Gasteiger partial charge in [-0.2, -0.15) is 5.10 Å². The van der Waals surface area contributed by atoms with Gasteiger partial charge in [-0.25, -0.2) is 4.79 Å². The highest BCUT2D eigenvalue weighted by atomic mass is 79.9. The summed E-state index contributed by atoms with van der Waals surface area (Å²) in [6, 6.07) is 6.70. The zero-order valence-corrected chi connectivity index (χ0v) is 23.3. The van der Waals surface area contributed by atoms with Crippen LogP contribution in [-0.4, -0.2) is 63.4 Å². The molecule has 36 heavy (non-hydrogen) atoms. The van der Waals surface area contributed by atoms with Crippen molar-refractivity contribution >= 4 is 39.4 Å². The minimum Gasteiger partial charge on any atom is -0.444 e. The smallest absolute Gasteiger partial charge is 0.410 e. The predicted molar refractivity (Wildman–Crippen MR) is 143 cm³/mol. The highest BCUT2D eigenvalue weighted by Crippen LogP contribution is 2.40. The molecule has 0 N–H and O–H groups in total. The number of anilines is 2. The summed E-state index contributed by atoms with van der Waals surface area (Å²) in [6.45, 7) is 10.9. The first-order valence-corrected chi connectivity index (χ1v) is 13.8. The van der Waals surface area contributed by atoms with Crippen molar-refractivity contribution in [3.05, 3.63) is 39.5 Å². The number of carbonyl (C=O) groups is 2. The number of piperidine rings is 1. The van der Waals surface area contributed by atoms with Crippen LogP contribution in [0, 0.1) is 0 Å². The number of ether oxygens (including phenoxy) is 1. The van der Waals surface area contributed by atoms with Gasteiger partial charge < -0.3 is 19.4 Å². The number of likely N-dealkylation sites (tertiary alicyclic amines) is 1. The summed E-state index contributed by atoms with van der Waals surface area (Å²) < 4.78 is 8.90. The van der Waals surface area contributed by atoms with Gasteiger partial charge in [0, 0.05) is 60.9 Å². The third-order valence-corrected chi connectivity index (χ3v) is 7.88. The standard InChI is InChI=1S/C27H36BrN5O3/c1-18(34)31-15-11-24-22(17-31)25(32-12-5-6-19-16-20(28)7-8-23(19)32)29-33(24)21-9-13-30(14-10-21)26(35)36-27(2,3)4/h7-8,16,21H,5-6,9-15,17H2,1-4H3. The average Bonchev–Trinajstić information content (AvgIpc) is 3.21. The minimum absolute atomic E-state index is 0.105. The van der Waals surface area contributed by atoms with Crippen molar-refractivity contribution in [1.29, 1.82) is 0 Å². The monoisotopic (exact) mass is 557 g/mol. The van der Waals surface area contributed by atoms with E-state index in [1.54, 1.807) is 6.92 Å². The second kappa shape index (κ2) is 9.72. The zero-order valence-electron chi connectivity index (χ0n) is 21.7. The second-order valence-electron chi connectivity index (χ2n) is 11.1. The Kier molecular flexibility index (Phi) is 6.78. The van der Waals surface area contributed by atoms with E-state index in [0.717, 1.165) is 48.9 Å². The Morgan fingerprint density at radius 2 is 1.81 bits per heavy atom. The van der Waals surface area contributed by atoms with E-state index in [4.69, 9.17) is 9.84 Å². The first-order chi connectivity index (χ1) is 17.1. The summed E-state index contributed by atoms with van der Waals surface area (Å²) >= 11 is 3.62. The van der Waals surface area contributed by atoms with Crippen LogP contribution < -0.4 is 4.90 Å². The van der Waals surface area contributed by atoms with E-state index in [9.17, 15) is 9.59 Å². The summed E-state index contributed by atoms with van der Waals surface area (Å²) in [4.78, 5) is 30.9. The number of fused-ring (bicyclic) bond motifs is 2. The van der Waals surface area contributed by atoms with Crippen LogP contribution in [0.15, 0.2) is 22.7 Å². The van der Waals surface area contributed by atoms with Crippen LogP contribution in [0.1, 0.15) is 69.8 Å². The van der Waals surface area contributed by atoms with Crippen LogP contribution in [0.25, 0.3) is 0 Å². The van der Waals surface area contributed by atoms with Crippen LogP contribution in [0.5, 0.6) is 0 Å². The highest BCUT2D eigenvalue weighted by Gasteiger charge is 2.35. The summed E-state index contributed by atoms with van der Waals surface area (Å²) in [7, 11) is 0. The molecule has 0 aliphatic carbocycles. The number of nitrogens with zero attached hydrogens (tertiary/aromatic N) is 5. The Balaban J connectivity index is 1.44. The van der Waals surface area contributed by atoms with Gasteiger partial charge in [0.15, 0.2) is 5.82 Å². The fourth-order valence-electron chi connectivity index (χ4n) is 5.62. The Hall–Kier alpha value is -2.55. The molecule has 3 aliphatic rings. The number of rotatable bonds is 2. The summed E-state index contributed by atoms with van der Waals surface area (Å²) in [6.07, 6.45) is 4.36. The molecular formula is C27H36BrN5O3. The largest absolute Gasteiger partial charge is 0.444 e. The number of aryl methyl sites for hydroxylation is 1. The molecule has 0 saturated carbocycles. The van der Waals surface area contributed by atoms with E-state index >= 15 is 0 Å². The lowest BCUT2D eigenvalue weighted by molar-refractivity contribution is -0.129. The molecule has 8 nitrogen and oxygen atoms in total. The van der Waals surface area contributed by atoms with Gasteiger partial charge in [-0.05, 0) is 70.2 Å². The Morgan fingerprint density at radius 1 is 1.06 bits per heavy atom. The molecule has 0 spiro atoms. The lowest BCUT2D eigenvalue weighted by Crippen LogP contribution is -2.42. The summed E-state index contributed by atoms with van der Waals surface area (Å²) in [5.74, 6) is 1.08. The Bertz CT molecular complexity index is 1160. The molecule has 0 atom stereocenters. The van der Waals surface area contributed by atoms with Crippen molar-refractivity contribution in [1.82, 2.24) is 19.6 Å². The molecule has 1 fully saturated rings. The molecule has 0 unspecified atom stereocenters. The lowest BCUT2D eigenvalue weighted by atomic mass is 10.00. The Morgan fingerprint density at radius 3 is 2.50 bits per heavy atom. The van der Waals surface area contributed by atoms with Crippen molar-refractivity contribution in [2.24, 2.45) is 0 Å². The minimum atomic E-state index is -0.493. The van der Waals surface area contributed by atoms with Crippen LogP contribution in [0.3, 0.4) is 0 Å². The molecule has 1 aromatic heterocycles. The average molecular weight is 559 g/mol. The number of amides is 2. The number of aromatic nitrogens is 2. The van der Waals surface area contributed by atoms with E-state index < -0.39 is 5.60 Å². The van der Waals surface area contributed by atoms with E-state index in [0.29, 0.717) is 26.2 Å². The molecule has 5 rings (SSSR count). The van der Waals surface area contributed by atoms with Gasteiger partial charge in [-0.1, -0.05) is 15.9 Å². The van der Waals surface area contributed by atoms with Crippen LogP contribution >= 0.6 is 15.9 Å². The normalized spacial score (nSPS) is 18.6. The van der Waals surface area contributed by atoms with Gasteiger partial charge in [0.25, 0.3) is 0 Å². The number of hydrogen-bond donors (Lipinski definition) is 0. The van der Waals surface area contributed by atoms with Crippen molar-refractivity contribution in [3.8, 4) is 0 Å². The second-order valence-corrected chi connectivity index (χ2v) is 12.0. The third kappa shape index (κ3) is 4.99. The van der Waals surface area contributed by atoms with Gasteiger partial charge in [0.1, 0.15) is 5.60 Å². The number of halogens is 1. The molecule has 1 aromatic carbocycles. The maximum Gasteiger partial charge on any atom is 0.410 e. The van der Waals surface area contributed by atoms with Crippen LogP contribution in [0.4, 0.5) is 16.3 Å². The molecule has 4 heterocycles. The number of benzene rings is 1. The molecular weight excluding hydrogens is 522 g/mol. The van der Waals surface area contributed by atoms with E-state index in [1.165, 1.54) is 22.5 Å². The topological polar surface area (TPSA) is 70.9 Å². The third-order valence-electron chi connectivity index (χ3n) is 7.39. The lowest BCUT2D eigenvalue weighted by Gasteiger charge is -2.34. The van der Waals surface area contributed by atoms with Crippen molar-refractivity contribution in [2.45, 2.75) is 78.0 Å². The van der Waals surface area contributed by atoms with Crippen molar-refractivity contribution in [2.75, 3.05) is 31.1 Å². The van der Waals surface area contributed by atoms with E-state index in [-0.39, 0.29) is 18.0 Å². The molecule has 1 saturated heterocycles. The number of carbonyl (C=O) groups excluding carboxylic acids is 2. The van der Waals surface area contributed by atoms with Gasteiger partial charge in [0.2, 0.25) is 5.91 Å². The zero-order chi connectivity index (χ0) is 25.6. The van der Waals surface area contributed by atoms with Crippen molar-refractivity contribution in [3.63, 3.8) is 0 Å². The van der Waals surface area contributed by atoms with E-state index in [1.807, 2.05) is 30.6 Å². The van der Waals surface area contributed by atoms with Crippen LogP contribution in [0.2, 0.25) is 0 Å². The molecule has 0 bridgehead atoms. The molecule has 194 valence electrons. The maximum absolute atomic E-state index is 12.6. The first kappa shape index (κ1) is 25.1. The summed E-state index contributed by atoms with van der Waals surface area (Å²) in [5, 5.41) is 5.24. The SMILES string of the molecule is CC(=O)N1CCc2c(c(N3CCCc4cc(Br)ccc43)nn2C2CCN(C(=O)OC(C)(C)C)CC2)C1. The molecule has 0 radical (unpaired) electrons. The first-order valence-electron chi connectivity index (χ1n) is 13.0. The molecule has 3 aliphatic heterocycles. The predicted octanol–water partition coefficient (Wildman–Crippen LogP) is 5.21. The fourth-order valence-corrected chi connectivity index (χ4v) is 6.03. The van der Waals surface area contributed by atoms with Gasteiger partial charge in [-0.3, -0.25) is 9.48 Å². The molecule has 2 amide bonds. The van der Waals surface area contributed by atoms with E-state index in [2.05, 4.69) is 43.7 Å². The molecule has 9 heteroatoms.